The molecule has 2 heterocycles. The van der Waals surface area contributed by atoms with Crippen molar-refractivity contribution in [2.75, 3.05) is 12.8 Å². The molecule has 6 heteroatoms. The molecule has 102 valence electrons. The Morgan fingerprint density at radius 3 is 3.05 bits per heavy atom. The standard InChI is InChI=1S/C14H13N3O2S/c1-19-14(18)13-11(15)7-17(16-13)6-9-8-20-12-5-3-2-4-10(9)12/h2-5,7-8H,6,15H2,1H3. The number of carbonyl (C=O) groups is 1. The van der Waals surface area contributed by atoms with E-state index in [1.807, 2.05) is 12.1 Å². The highest BCUT2D eigenvalue weighted by molar-refractivity contribution is 7.17. The van der Waals surface area contributed by atoms with Crippen LogP contribution in [0.1, 0.15) is 16.1 Å². The van der Waals surface area contributed by atoms with Crippen molar-refractivity contribution in [2.45, 2.75) is 6.54 Å². The molecule has 0 radical (unpaired) electrons. The molecule has 20 heavy (non-hydrogen) atoms. The Kier molecular flexibility index (Phi) is 3.15. The molecule has 0 saturated heterocycles. The third-order valence-corrected chi connectivity index (χ3v) is 4.07. The molecule has 1 aromatic carbocycles. The molecule has 0 aliphatic rings. The Hall–Kier alpha value is -2.34. The zero-order chi connectivity index (χ0) is 14.1. The van der Waals surface area contributed by atoms with Crippen molar-refractivity contribution < 1.29 is 9.53 Å². The number of thiophene rings is 1. The van der Waals surface area contributed by atoms with Gasteiger partial charge in [0.2, 0.25) is 0 Å². The third-order valence-electron chi connectivity index (χ3n) is 3.06. The topological polar surface area (TPSA) is 70.1 Å². The van der Waals surface area contributed by atoms with Crippen LogP contribution in [0.5, 0.6) is 0 Å². The van der Waals surface area contributed by atoms with Gasteiger partial charge < -0.3 is 10.5 Å². The SMILES string of the molecule is COC(=O)c1nn(Cc2csc3ccccc23)cc1N. The number of hydrogen-bond acceptors (Lipinski definition) is 5. The maximum Gasteiger partial charge on any atom is 0.360 e. The summed E-state index contributed by atoms with van der Waals surface area (Å²) < 4.78 is 7.54. The molecule has 2 N–H and O–H groups in total. The quantitative estimate of drug-likeness (QED) is 0.751. The van der Waals surface area contributed by atoms with Crippen LogP contribution in [-0.2, 0) is 11.3 Å². The van der Waals surface area contributed by atoms with E-state index in [2.05, 4.69) is 27.3 Å². The number of ether oxygens (including phenoxy) is 1. The summed E-state index contributed by atoms with van der Waals surface area (Å²) in [6.45, 7) is 0.575. The number of benzene rings is 1. The largest absolute Gasteiger partial charge is 0.464 e. The lowest BCUT2D eigenvalue weighted by Gasteiger charge is -2.00. The van der Waals surface area contributed by atoms with Crippen molar-refractivity contribution in [3.63, 3.8) is 0 Å². The van der Waals surface area contributed by atoms with Crippen molar-refractivity contribution in [1.82, 2.24) is 9.78 Å². The lowest BCUT2D eigenvalue weighted by molar-refractivity contribution is 0.0594. The molecule has 5 nitrogen and oxygen atoms in total. The van der Waals surface area contributed by atoms with Crippen LogP contribution in [0.4, 0.5) is 5.69 Å². The van der Waals surface area contributed by atoms with Gasteiger partial charge in [-0.2, -0.15) is 5.10 Å². The normalized spacial score (nSPS) is 10.8. The molecule has 0 fully saturated rings. The average Bonchev–Trinajstić information content (AvgIpc) is 3.03. The van der Waals surface area contributed by atoms with E-state index in [1.54, 1.807) is 22.2 Å². The van der Waals surface area contributed by atoms with Crippen LogP contribution >= 0.6 is 11.3 Å². The molecule has 0 aliphatic heterocycles. The summed E-state index contributed by atoms with van der Waals surface area (Å²) >= 11 is 1.69. The lowest BCUT2D eigenvalue weighted by atomic mass is 10.2. The summed E-state index contributed by atoms with van der Waals surface area (Å²) in [4.78, 5) is 11.5. The number of nitrogens with two attached hydrogens (primary N) is 1. The van der Waals surface area contributed by atoms with Gasteiger partial charge in [-0.05, 0) is 22.4 Å². The molecular weight excluding hydrogens is 274 g/mol. The second kappa shape index (κ2) is 4.97. The first kappa shape index (κ1) is 12.7. The van der Waals surface area contributed by atoms with Gasteiger partial charge in [-0.3, -0.25) is 4.68 Å². The number of esters is 1. The first-order valence-electron chi connectivity index (χ1n) is 6.05. The van der Waals surface area contributed by atoms with E-state index in [0.29, 0.717) is 12.2 Å². The van der Waals surface area contributed by atoms with E-state index >= 15 is 0 Å². The predicted molar refractivity (Wildman–Crippen MR) is 78.9 cm³/mol. The van der Waals surface area contributed by atoms with Gasteiger partial charge in [0.05, 0.1) is 19.3 Å². The Bertz CT molecular complexity index is 776. The van der Waals surface area contributed by atoms with E-state index < -0.39 is 5.97 Å². The van der Waals surface area contributed by atoms with Crippen molar-refractivity contribution in [3.8, 4) is 0 Å². The van der Waals surface area contributed by atoms with Crippen molar-refractivity contribution in [1.29, 1.82) is 0 Å². The monoisotopic (exact) mass is 287 g/mol. The van der Waals surface area contributed by atoms with Gasteiger partial charge >= 0.3 is 5.97 Å². The number of anilines is 1. The van der Waals surface area contributed by atoms with Crippen molar-refractivity contribution >= 4 is 33.1 Å². The van der Waals surface area contributed by atoms with Gasteiger partial charge in [0.1, 0.15) is 0 Å². The van der Waals surface area contributed by atoms with E-state index in [9.17, 15) is 4.79 Å². The van der Waals surface area contributed by atoms with Gasteiger partial charge in [0.25, 0.3) is 0 Å². The summed E-state index contributed by atoms with van der Waals surface area (Å²) in [5, 5.41) is 7.48. The van der Waals surface area contributed by atoms with Gasteiger partial charge in [-0.15, -0.1) is 11.3 Å². The number of carbonyl (C=O) groups excluding carboxylic acids is 1. The zero-order valence-electron chi connectivity index (χ0n) is 10.9. The second-order valence-electron chi connectivity index (χ2n) is 4.38. The highest BCUT2D eigenvalue weighted by atomic mass is 32.1. The Morgan fingerprint density at radius 1 is 1.45 bits per heavy atom. The van der Waals surface area contributed by atoms with E-state index in [4.69, 9.17) is 5.73 Å². The smallest absolute Gasteiger partial charge is 0.360 e. The van der Waals surface area contributed by atoms with Crippen LogP contribution in [0, 0.1) is 0 Å². The van der Waals surface area contributed by atoms with Crippen LogP contribution in [0.3, 0.4) is 0 Å². The molecule has 0 amide bonds. The van der Waals surface area contributed by atoms with Crippen LogP contribution < -0.4 is 5.73 Å². The van der Waals surface area contributed by atoms with E-state index in [-0.39, 0.29) is 5.69 Å². The first-order valence-corrected chi connectivity index (χ1v) is 6.93. The number of hydrogen-bond donors (Lipinski definition) is 1. The van der Waals surface area contributed by atoms with Gasteiger partial charge in [0.15, 0.2) is 5.69 Å². The third kappa shape index (κ3) is 2.14. The molecule has 2 aromatic heterocycles. The zero-order valence-corrected chi connectivity index (χ0v) is 11.7. The van der Waals surface area contributed by atoms with Crippen molar-refractivity contribution in [2.24, 2.45) is 0 Å². The summed E-state index contributed by atoms with van der Waals surface area (Å²) in [5.74, 6) is -0.517. The summed E-state index contributed by atoms with van der Waals surface area (Å²) in [6, 6.07) is 8.19. The number of fused-ring (bicyclic) bond motifs is 1. The lowest BCUT2D eigenvalue weighted by Crippen LogP contribution is -2.06. The molecule has 0 saturated carbocycles. The summed E-state index contributed by atoms with van der Waals surface area (Å²) in [6.07, 6.45) is 1.65. The number of aromatic nitrogens is 2. The summed E-state index contributed by atoms with van der Waals surface area (Å²) in [7, 11) is 1.31. The van der Waals surface area contributed by atoms with Gasteiger partial charge in [-0.1, -0.05) is 18.2 Å². The van der Waals surface area contributed by atoms with Crippen molar-refractivity contribution in [3.05, 3.63) is 47.1 Å². The molecule has 0 aliphatic carbocycles. The van der Waals surface area contributed by atoms with E-state index in [0.717, 1.165) is 5.56 Å². The molecule has 3 rings (SSSR count). The minimum atomic E-state index is -0.517. The predicted octanol–water partition coefficient (Wildman–Crippen LogP) is 2.51. The molecule has 3 aromatic rings. The van der Waals surface area contributed by atoms with Gasteiger partial charge in [0, 0.05) is 10.9 Å². The minimum absolute atomic E-state index is 0.159. The van der Waals surface area contributed by atoms with Crippen LogP contribution in [0.25, 0.3) is 10.1 Å². The number of nitrogen functional groups attached to an aromatic ring is 1. The fourth-order valence-electron chi connectivity index (χ4n) is 2.10. The number of methoxy groups -OCH3 is 1. The van der Waals surface area contributed by atoms with Gasteiger partial charge in [-0.25, -0.2) is 4.79 Å². The maximum atomic E-state index is 11.5. The highest BCUT2D eigenvalue weighted by Gasteiger charge is 2.15. The Labute approximate surface area is 119 Å². The average molecular weight is 287 g/mol. The minimum Gasteiger partial charge on any atom is -0.464 e. The number of nitrogens with zero attached hydrogens (tertiary/aromatic N) is 2. The van der Waals surface area contributed by atoms with Crippen LogP contribution in [0.2, 0.25) is 0 Å². The summed E-state index contributed by atoms with van der Waals surface area (Å²) in [5.41, 5.74) is 7.42. The molecular formula is C14H13N3O2S. The maximum absolute atomic E-state index is 11.5. The fraction of sp³-hybridized carbons (Fsp3) is 0.143. The highest BCUT2D eigenvalue weighted by Crippen LogP contribution is 2.26. The van der Waals surface area contributed by atoms with E-state index in [1.165, 1.54) is 17.2 Å². The Morgan fingerprint density at radius 2 is 2.25 bits per heavy atom. The molecule has 0 spiro atoms. The van der Waals surface area contributed by atoms with Crippen LogP contribution in [-0.4, -0.2) is 22.9 Å². The number of rotatable bonds is 3. The molecule has 0 bridgehead atoms. The molecule has 0 unspecified atom stereocenters. The molecule has 0 atom stereocenters. The first-order chi connectivity index (χ1) is 9.69. The van der Waals surface area contributed by atoms with Crippen LogP contribution in [0.15, 0.2) is 35.8 Å². The second-order valence-corrected chi connectivity index (χ2v) is 5.29. The Balaban J connectivity index is 1.93. The fourth-order valence-corrected chi connectivity index (χ4v) is 3.06.